The van der Waals surface area contributed by atoms with E-state index in [0.29, 0.717) is 19.6 Å². The van der Waals surface area contributed by atoms with Gasteiger partial charge in [0.1, 0.15) is 0 Å². The summed E-state index contributed by atoms with van der Waals surface area (Å²) >= 11 is 0. The first-order valence-corrected chi connectivity index (χ1v) is 3.44. The average molecular weight is 139 g/mol. The fourth-order valence-electron chi connectivity index (χ4n) is 0.945. The van der Waals surface area contributed by atoms with Crippen molar-refractivity contribution < 1.29 is 9.31 Å². The van der Waals surface area contributed by atoms with Crippen LogP contribution in [0, 0.1) is 11.3 Å². The monoisotopic (exact) mass is 139 g/mol. The van der Waals surface area contributed by atoms with E-state index in [1.54, 1.807) is 0 Å². The zero-order valence-electron chi connectivity index (χ0n) is 6.04. The zero-order chi connectivity index (χ0) is 7.40. The smallest absolute Gasteiger partial charge is 0.409 e. The first kappa shape index (κ1) is 7.58. The van der Waals surface area contributed by atoms with Crippen LogP contribution in [0.3, 0.4) is 0 Å². The van der Waals surface area contributed by atoms with Gasteiger partial charge in [0.25, 0.3) is 0 Å². The van der Waals surface area contributed by atoms with Crippen molar-refractivity contribution in [2.45, 2.75) is 19.2 Å². The van der Waals surface area contributed by atoms with Gasteiger partial charge in [-0.05, 0) is 0 Å². The van der Waals surface area contributed by atoms with Gasteiger partial charge in [0.15, 0.2) is 0 Å². The predicted molar refractivity (Wildman–Crippen MR) is 37.3 cm³/mol. The molecular formula is C6H10BNO2. The minimum Gasteiger partial charge on any atom is -0.409 e. The van der Waals surface area contributed by atoms with Crippen molar-refractivity contribution in [3.05, 3.63) is 0 Å². The maximum atomic E-state index is 8.34. The third-order valence-electron chi connectivity index (χ3n) is 1.53. The van der Waals surface area contributed by atoms with Gasteiger partial charge in [0.2, 0.25) is 0 Å². The lowest BCUT2D eigenvalue weighted by atomic mass is 9.72. The molecule has 1 heterocycles. The molecule has 1 atom stereocenters. The van der Waals surface area contributed by atoms with Crippen LogP contribution < -0.4 is 0 Å². The van der Waals surface area contributed by atoms with E-state index in [1.165, 1.54) is 0 Å². The van der Waals surface area contributed by atoms with Gasteiger partial charge in [-0.2, -0.15) is 5.26 Å². The Kier molecular flexibility index (Phi) is 2.73. The fourth-order valence-corrected chi connectivity index (χ4v) is 0.945. The Balaban J connectivity index is 2.26. The van der Waals surface area contributed by atoms with Crippen molar-refractivity contribution in [2.75, 3.05) is 13.2 Å². The Bertz CT molecular complexity index is 139. The van der Waals surface area contributed by atoms with Crippen molar-refractivity contribution in [3.63, 3.8) is 0 Å². The van der Waals surface area contributed by atoms with Crippen LogP contribution in [-0.2, 0) is 9.31 Å². The van der Waals surface area contributed by atoms with E-state index in [9.17, 15) is 0 Å². The van der Waals surface area contributed by atoms with Crippen molar-refractivity contribution >= 4 is 7.12 Å². The van der Waals surface area contributed by atoms with E-state index in [2.05, 4.69) is 6.07 Å². The van der Waals surface area contributed by atoms with Crippen molar-refractivity contribution in [3.8, 4) is 6.07 Å². The summed E-state index contributed by atoms with van der Waals surface area (Å²) in [6.45, 7) is 3.29. The molecule has 1 aliphatic rings. The number of hydrogen-bond acceptors (Lipinski definition) is 3. The van der Waals surface area contributed by atoms with E-state index in [1.807, 2.05) is 6.92 Å². The Hall–Kier alpha value is -0.525. The molecule has 54 valence electrons. The largest absolute Gasteiger partial charge is 0.461 e. The summed E-state index contributed by atoms with van der Waals surface area (Å²) in [6.07, 6.45) is 0.505. The second kappa shape index (κ2) is 3.60. The minimum atomic E-state index is -0.139. The van der Waals surface area contributed by atoms with Crippen LogP contribution >= 0.6 is 0 Å². The van der Waals surface area contributed by atoms with E-state index >= 15 is 0 Å². The minimum absolute atomic E-state index is 0.139. The molecule has 10 heavy (non-hydrogen) atoms. The second-order valence-electron chi connectivity index (χ2n) is 2.45. The van der Waals surface area contributed by atoms with Crippen molar-refractivity contribution in [1.29, 1.82) is 5.26 Å². The lowest BCUT2D eigenvalue weighted by Crippen LogP contribution is -2.19. The summed E-state index contributed by atoms with van der Waals surface area (Å²) in [5, 5.41) is 8.34. The molecule has 0 radical (unpaired) electrons. The Labute approximate surface area is 61.1 Å². The zero-order valence-corrected chi connectivity index (χ0v) is 6.04. The second-order valence-corrected chi connectivity index (χ2v) is 2.45. The van der Waals surface area contributed by atoms with Gasteiger partial charge in [-0.3, -0.25) is 0 Å². The molecule has 4 heteroatoms. The van der Waals surface area contributed by atoms with Gasteiger partial charge in [-0.25, -0.2) is 0 Å². The molecule has 1 rings (SSSR count). The standard InChI is InChI=1S/C6H10BNO2/c1-6(2-3-8)7-9-4-5-10-7/h6H,2,4-5H2,1H3. The average Bonchev–Trinajstić information content (AvgIpc) is 2.38. The third kappa shape index (κ3) is 1.73. The van der Waals surface area contributed by atoms with Crippen LogP contribution in [0.2, 0.25) is 5.82 Å². The highest BCUT2D eigenvalue weighted by molar-refractivity contribution is 6.46. The first-order chi connectivity index (χ1) is 4.84. The Morgan fingerprint density at radius 3 is 2.70 bits per heavy atom. The number of nitrogens with zero attached hydrogens (tertiary/aromatic N) is 1. The lowest BCUT2D eigenvalue weighted by Gasteiger charge is -2.07. The van der Waals surface area contributed by atoms with Gasteiger partial charge in [0, 0.05) is 12.2 Å². The third-order valence-corrected chi connectivity index (χ3v) is 1.53. The SMILES string of the molecule is CC(CC#N)B1OCCO1. The summed E-state index contributed by atoms with van der Waals surface area (Å²) in [7, 11) is -0.139. The maximum absolute atomic E-state index is 8.34. The van der Waals surface area contributed by atoms with Crippen LogP contribution in [0.4, 0.5) is 0 Å². The Morgan fingerprint density at radius 1 is 1.60 bits per heavy atom. The van der Waals surface area contributed by atoms with Crippen LogP contribution in [0.15, 0.2) is 0 Å². The van der Waals surface area contributed by atoms with Gasteiger partial charge >= 0.3 is 7.12 Å². The lowest BCUT2D eigenvalue weighted by molar-refractivity contribution is 0.360. The van der Waals surface area contributed by atoms with Gasteiger partial charge in [-0.1, -0.05) is 6.92 Å². The first-order valence-electron chi connectivity index (χ1n) is 3.44. The molecule has 1 saturated heterocycles. The maximum Gasteiger partial charge on any atom is 0.461 e. The highest BCUT2D eigenvalue weighted by atomic mass is 16.6. The van der Waals surface area contributed by atoms with E-state index in [4.69, 9.17) is 14.6 Å². The van der Waals surface area contributed by atoms with Crippen molar-refractivity contribution in [2.24, 2.45) is 0 Å². The topological polar surface area (TPSA) is 42.2 Å². The summed E-state index contributed by atoms with van der Waals surface area (Å²) in [5.41, 5.74) is 0. The van der Waals surface area contributed by atoms with Crippen LogP contribution in [0.1, 0.15) is 13.3 Å². The molecule has 0 aromatic carbocycles. The molecule has 0 bridgehead atoms. The molecule has 0 saturated carbocycles. The normalized spacial score (nSPS) is 20.6. The molecule has 0 amide bonds. The molecule has 1 aliphatic heterocycles. The highest BCUT2D eigenvalue weighted by Crippen LogP contribution is 2.18. The summed E-state index contributed by atoms with van der Waals surface area (Å²) < 4.78 is 10.4. The van der Waals surface area contributed by atoms with Crippen LogP contribution in [0.25, 0.3) is 0 Å². The highest BCUT2D eigenvalue weighted by Gasteiger charge is 2.29. The van der Waals surface area contributed by atoms with E-state index < -0.39 is 0 Å². The Morgan fingerprint density at radius 2 is 2.20 bits per heavy atom. The molecule has 0 N–H and O–H groups in total. The molecule has 1 unspecified atom stereocenters. The van der Waals surface area contributed by atoms with Crippen LogP contribution in [0.5, 0.6) is 0 Å². The quantitative estimate of drug-likeness (QED) is 0.532. The molecule has 0 aromatic heterocycles. The molecular weight excluding hydrogens is 129 g/mol. The molecule has 0 spiro atoms. The predicted octanol–water partition coefficient (Wildman–Crippen LogP) is 0.825. The summed E-state index contributed by atoms with van der Waals surface area (Å²) in [6, 6.07) is 2.08. The van der Waals surface area contributed by atoms with Crippen molar-refractivity contribution in [1.82, 2.24) is 0 Å². The molecule has 1 fully saturated rings. The van der Waals surface area contributed by atoms with Gasteiger partial charge in [0.05, 0.1) is 19.3 Å². The summed E-state index contributed by atoms with van der Waals surface area (Å²) in [4.78, 5) is 0. The number of nitriles is 1. The number of hydrogen-bond donors (Lipinski definition) is 0. The molecule has 3 nitrogen and oxygen atoms in total. The summed E-state index contributed by atoms with van der Waals surface area (Å²) in [5.74, 6) is 0.201. The molecule has 0 aliphatic carbocycles. The fraction of sp³-hybridized carbons (Fsp3) is 0.833. The van der Waals surface area contributed by atoms with Gasteiger partial charge in [-0.15, -0.1) is 0 Å². The van der Waals surface area contributed by atoms with E-state index in [-0.39, 0.29) is 12.9 Å². The van der Waals surface area contributed by atoms with Crippen LogP contribution in [-0.4, -0.2) is 20.3 Å². The van der Waals surface area contributed by atoms with Gasteiger partial charge < -0.3 is 9.31 Å². The molecule has 0 aromatic rings. The number of rotatable bonds is 2. The van der Waals surface area contributed by atoms with E-state index in [0.717, 1.165) is 0 Å².